The van der Waals surface area contributed by atoms with Crippen LogP contribution in [0.1, 0.15) is 24.2 Å². The monoisotopic (exact) mass is 375 g/mol. The molecular weight excluding hydrogens is 354 g/mol. The van der Waals surface area contributed by atoms with Gasteiger partial charge in [0.1, 0.15) is 5.75 Å². The van der Waals surface area contributed by atoms with E-state index in [-0.39, 0.29) is 5.56 Å². The van der Waals surface area contributed by atoms with E-state index in [2.05, 4.69) is 5.32 Å². The maximum atomic E-state index is 12.4. The van der Waals surface area contributed by atoms with Crippen LogP contribution < -0.4 is 10.1 Å². The third-order valence-corrected chi connectivity index (χ3v) is 5.00. The average molecular weight is 375 g/mol. The van der Waals surface area contributed by atoms with Crippen LogP contribution in [-0.4, -0.2) is 35.1 Å². The van der Waals surface area contributed by atoms with Gasteiger partial charge in [-0.25, -0.2) is 4.79 Å². The van der Waals surface area contributed by atoms with Gasteiger partial charge in [-0.05, 0) is 43.3 Å². The number of ether oxygens (including phenoxy) is 2. The number of rotatable bonds is 7. The van der Waals surface area contributed by atoms with E-state index in [4.69, 9.17) is 9.47 Å². The van der Waals surface area contributed by atoms with Gasteiger partial charge < -0.3 is 14.8 Å². The minimum absolute atomic E-state index is 0.205. The van der Waals surface area contributed by atoms with Crippen LogP contribution in [0.15, 0.2) is 53.4 Å². The molecule has 2 aromatic carbocycles. The molecular formula is C19H21NO5S. The highest BCUT2D eigenvalue weighted by Crippen LogP contribution is 2.17. The summed E-state index contributed by atoms with van der Waals surface area (Å²) in [4.78, 5) is 25.0. The fourth-order valence-corrected chi connectivity index (χ4v) is 3.12. The van der Waals surface area contributed by atoms with Gasteiger partial charge in [0, 0.05) is 11.4 Å². The first kappa shape index (κ1) is 19.7. The Morgan fingerprint density at radius 2 is 1.77 bits per heavy atom. The van der Waals surface area contributed by atoms with Gasteiger partial charge in [0.05, 0.1) is 28.4 Å². The maximum absolute atomic E-state index is 12.4. The minimum atomic E-state index is -1.30. The van der Waals surface area contributed by atoms with Gasteiger partial charge in [-0.2, -0.15) is 0 Å². The summed E-state index contributed by atoms with van der Waals surface area (Å²) in [5.41, 5.74) is 0.767. The highest BCUT2D eigenvalue weighted by atomic mass is 32.2. The molecule has 0 saturated carbocycles. The average Bonchev–Trinajstić information content (AvgIpc) is 2.67. The Morgan fingerprint density at radius 1 is 1.12 bits per heavy atom. The largest absolute Gasteiger partial charge is 0.497 e. The number of esters is 1. The van der Waals surface area contributed by atoms with E-state index in [1.165, 1.54) is 6.92 Å². The van der Waals surface area contributed by atoms with Crippen LogP contribution in [0, 0.1) is 0 Å². The van der Waals surface area contributed by atoms with Crippen LogP contribution in [0.2, 0.25) is 0 Å². The molecule has 26 heavy (non-hydrogen) atoms. The van der Waals surface area contributed by atoms with Gasteiger partial charge in [-0.15, -0.1) is 0 Å². The summed E-state index contributed by atoms with van der Waals surface area (Å²) in [6.45, 7) is 3.25. The molecule has 0 heterocycles. The first-order valence-electron chi connectivity index (χ1n) is 8.09. The van der Waals surface area contributed by atoms with E-state index in [0.29, 0.717) is 22.1 Å². The van der Waals surface area contributed by atoms with E-state index >= 15 is 0 Å². The number of anilines is 1. The number of amides is 1. The summed E-state index contributed by atoms with van der Waals surface area (Å²) in [6, 6.07) is 13.3. The number of hydrogen-bond donors (Lipinski definition) is 1. The quantitative estimate of drug-likeness (QED) is 0.753. The highest BCUT2D eigenvalue weighted by molar-refractivity contribution is 7.85. The Bertz CT molecular complexity index is 804. The molecule has 0 fully saturated rings. The second-order valence-corrected chi connectivity index (χ2v) is 7.10. The first-order chi connectivity index (χ1) is 12.5. The van der Waals surface area contributed by atoms with Crippen LogP contribution in [-0.2, 0) is 20.3 Å². The molecule has 1 N–H and O–H groups in total. The Hall–Kier alpha value is -2.67. The van der Waals surface area contributed by atoms with Crippen molar-refractivity contribution < 1.29 is 23.3 Å². The van der Waals surface area contributed by atoms with Crippen molar-refractivity contribution in [2.24, 2.45) is 0 Å². The number of carbonyl (C=O) groups excluding carboxylic acids is 2. The van der Waals surface area contributed by atoms with Crippen molar-refractivity contribution in [1.29, 1.82) is 0 Å². The smallest absolute Gasteiger partial charge is 0.340 e. The lowest BCUT2D eigenvalue weighted by Gasteiger charge is -2.15. The van der Waals surface area contributed by atoms with Crippen LogP contribution in [0.3, 0.4) is 0 Å². The number of benzene rings is 2. The molecule has 1 amide bonds. The summed E-state index contributed by atoms with van der Waals surface area (Å²) < 4.78 is 22.4. The topological polar surface area (TPSA) is 81.7 Å². The molecule has 2 aromatic rings. The number of nitrogens with one attached hydrogen (secondary N) is 1. The molecule has 0 radical (unpaired) electrons. The first-order valence-corrected chi connectivity index (χ1v) is 9.41. The zero-order chi connectivity index (χ0) is 19.1. The van der Waals surface area contributed by atoms with E-state index in [1.54, 1.807) is 62.6 Å². The number of hydrogen-bond acceptors (Lipinski definition) is 5. The predicted molar refractivity (Wildman–Crippen MR) is 99.9 cm³/mol. The maximum Gasteiger partial charge on any atom is 0.340 e. The molecule has 0 aliphatic heterocycles. The fourth-order valence-electron chi connectivity index (χ4n) is 2.19. The predicted octanol–water partition coefficient (Wildman–Crippen LogP) is 3.01. The van der Waals surface area contributed by atoms with Crippen molar-refractivity contribution in [3.63, 3.8) is 0 Å². The summed E-state index contributed by atoms with van der Waals surface area (Å²) >= 11 is 0. The third kappa shape index (κ3) is 4.92. The van der Waals surface area contributed by atoms with E-state index in [9.17, 15) is 13.8 Å². The molecule has 0 aliphatic rings. The molecule has 6 nitrogen and oxygen atoms in total. The normalized spacial score (nSPS) is 12.7. The zero-order valence-electron chi connectivity index (χ0n) is 14.9. The van der Waals surface area contributed by atoms with Gasteiger partial charge in [0.25, 0.3) is 5.91 Å². The second kappa shape index (κ2) is 9.15. The fraction of sp³-hybridized carbons (Fsp3) is 0.263. The van der Waals surface area contributed by atoms with Crippen LogP contribution >= 0.6 is 0 Å². The summed E-state index contributed by atoms with van der Waals surface area (Å²) in [6.07, 6.45) is -1.01. The van der Waals surface area contributed by atoms with Crippen molar-refractivity contribution in [3.8, 4) is 5.75 Å². The van der Waals surface area contributed by atoms with Crippen LogP contribution in [0.4, 0.5) is 5.69 Å². The molecule has 2 rings (SSSR count). The molecule has 0 unspecified atom stereocenters. The minimum Gasteiger partial charge on any atom is -0.497 e. The summed E-state index contributed by atoms with van der Waals surface area (Å²) in [5, 5.41) is 2.67. The van der Waals surface area contributed by atoms with Gasteiger partial charge in [0.2, 0.25) is 0 Å². The molecule has 0 aromatic heterocycles. The Balaban J connectivity index is 2.04. The van der Waals surface area contributed by atoms with Crippen molar-refractivity contribution in [3.05, 3.63) is 54.1 Å². The summed E-state index contributed by atoms with van der Waals surface area (Å²) in [5.74, 6) is -0.0851. The van der Waals surface area contributed by atoms with E-state index in [1.807, 2.05) is 0 Å². The van der Waals surface area contributed by atoms with Gasteiger partial charge >= 0.3 is 5.97 Å². The lowest BCUT2D eigenvalue weighted by Crippen LogP contribution is -2.30. The van der Waals surface area contributed by atoms with Crippen molar-refractivity contribution in [1.82, 2.24) is 0 Å². The van der Waals surface area contributed by atoms with Crippen molar-refractivity contribution in [2.75, 3.05) is 18.2 Å². The Labute approximate surface area is 155 Å². The molecule has 0 saturated heterocycles. The van der Waals surface area contributed by atoms with E-state index < -0.39 is 28.8 Å². The second-order valence-electron chi connectivity index (χ2n) is 5.40. The standard InChI is InChI=1S/C19H21NO5S/c1-4-26(23)17-8-6-5-7-16(17)19(22)25-13(2)18(21)20-14-9-11-15(24-3)12-10-14/h5-13H,4H2,1-3H3,(H,20,21)/t13-,26-/m0/s1. The number of carbonyl (C=O) groups is 2. The van der Waals surface area contributed by atoms with Crippen LogP contribution in [0.25, 0.3) is 0 Å². The lowest BCUT2D eigenvalue weighted by molar-refractivity contribution is -0.123. The van der Waals surface area contributed by atoms with Gasteiger partial charge in [-0.3, -0.25) is 9.00 Å². The molecule has 0 aliphatic carbocycles. The zero-order valence-corrected chi connectivity index (χ0v) is 15.7. The van der Waals surface area contributed by atoms with E-state index in [0.717, 1.165) is 0 Å². The van der Waals surface area contributed by atoms with Crippen LogP contribution in [0.5, 0.6) is 5.75 Å². The SMILES string of the molecule is CC[S@](=O)c1ccccc1C(=O)O[C@@H](C)C(=O)Nc1ccc(OC)cc1. The molecule has 0 spiro atoms. The highest BCUT2D eigenvalue weighted by Gasteiger charge is 2.22. The molecule has 7 heteroatoms. The van der Waals surface area contributed by atoms with Gasteiger partial charge in [-0.1, -0.05) is 19.1 Å². The lowest BCUT2D eigenvalue weighted by atomic mass is 10.2. The molecule has 2 atom stereocenters. The molecule has 138 valence electrons. The molecule has 0 bridgehead atoms. The van der Waals surface area contributed by atoms with Crippen molar-refractivity contribution in [2.45, 2.75) is 24.8 Å². The van der Waals surface area contributed by atoms with Crippen molar-refractivity contribution >= 4 is 28.4 Å². The number of methoxy groups -OCH3 is 1. The third-order valence-electron chi connectivity index (χ3n) is 3.63. The Morgan fingerprint density at radius 3 is 2.38 bits per heavy atom. The summed E-state index contributed by atoms with van der Waals surface area (Å²) in [7, 11) is 0.258. The van der Waals surface area contributed by atoms with Gasteiger partial charge in [0.15, 0.2) is 6.10 Å². The Kier molecular flexibility index (Phi) is 6.91.